The second kappa shape index (κ2) is 8.35. The third kappa shape index (κ3) is 6.24. The van der Waals surface area contributed by atoms with Crippen molar-refractivity contribution < 1.29 is 0 Å². The van der Waals surface area contributed by atoms with E-state index < -0.39 is 0 Å². The van der Waals surface area contributed by atoms with Gasteiger partial charge >= 0.3 is 0 Å². The summed E-state index contributed by atoms with van der Waals surface area (Å²) in [6, 6.07) is 0.427. The van der Waals surface area contributed by atoms with Crippen molar-refractivity contribution in [1.29, 1.82) is 0 Å². The summed E-state index contributed by atoms with van der Waals surface area (Å²) in [4.78, 5) is 7.22. The fourth-order valence-corrected chi connectivity index (χ4v) is 2.30. The molecule has 0 aromatic carbocycles. The van der Waals surface area contributed by atoms with Gasteiger partial charge in [0.25, 0.3) is 0 Å². The van der Waals surface area contributed by atoms with Crippen molar-refractivity contribution in [1.82, 2.24) is 15.5 Å². The predicted molar refractivity (Wildman–Crippen MR) is 79.1 cm³/mol. The zero-order chi connectivity index (χ0) is 13.4. The average Bonchev–Trinajstić information content (AvgIpc) is 2.78. The van der Waals surface area contributed by atoms with E-state index in [9.17, 15) is 0 Å². The van der Waals surface area contributed by atoms with Gasteiger partial charge in [-0.1, -0.05) is 6.92 Å². The zero-order valence-electron chi connectivity index (χ0n) is 12.5. The highest BCUT2D eigenvalue weighted by Crippen LogP contribution is 2.10. The second-order valence-electron chi connectivity index (χ2n) is 5.63. The van der Waals surface area contributed by atoms with Gasteiger partial charge in [-0.2, -0.15) is 0 Å². The summed E-state index contributed by atoms with van der Waals surface area (Å²) in [5.41, 5.74) is 0. The summed E-state index contributed by atoms with van der Waals surface area (Å²) in [7, 11) is 0. The summed E-state index contributed by atoms with van der Waals surface area (Å²) in [5, 5.41) is 6.64. The zero-order valence-corrected chi connectivity index (χ0v) is 12.5. The van der Waals surface area contributed by atoms with E-state index in [4.69, 9.17) is 0 Å². The first-order valence-electron chi connectivity index (χ1n) is 7.39. The van der Waals surface area contributed by atoms with E-state index in [0.29, 0.717) is 12.0 Å². The van der Waals surface area contributed by atoms with Crippen LogP contribution in [-0.4, -0.2) is 49.6 Å². The van der Waals surface area contributed by atoms with Gasteiger partial charge in [0.2, 0.25) is 0 Å². The second-order valence-corrected chi connectivity index (χ2v) is 5.63. The maximum absolute atomic E-state index is 4.66. The molecule has 0 aromatic heterocycles. The summed E-state index contributed by atoms with van der Waals surface area (Å²) < 4.78 is 0. The first-order chi connectivity index (χ1) is 8.61. The number of hydrogen-bond acceptors (Lipinski definition) is 2. The highest BCUT2D eigenvalue weighted by Gasteiger charge is 2.14. The molecular formula is C14H30N4. The van der Waals surface area contributed by atoms with Crippen molar-refractivity contribution in [3.8, 4) is 0 Å². The number of rotatable bonds is 6. The number of hydrogen-bond donors (Lipinski definition) is 2. The van der Waals surface area contributed by atoms with Crippen molar-refractivity contribution >= 4 is 5.96 Å². The number of guanidine groups is 1. The molecule has 0 aliphatic carbocycles. The Bertz CT molecular complexity index is 244. The van der Waals surface area contributed by atoms with Gasteiger partial charge in [-0.25, -0.2) is 0 Å². The van der Waals surface area contributed by atoms with Gasteiger partial charge in [0.15, 0.2) is 5.96 Å². The lowest BCUT2D eigenvalue weighted by Gasteiger charge is -2.20. The van der Waals surface area contributed by atoms with Crippen LogP contribution in [-0.2, 0) is 0 Å². The van der Waals surface area contributed by atoms with Crippen LogP contribution in [0.25, 0.3) is 0 Å². The first kappa shape index (κ1) is 15.3. The molecule has 106 valence electrons. The molecule has 1 unspecified atom stereocenters. The van der Waals surface area contributed by atoms with Crippen LogP contribution in [0.4, 0.5) is 0 Å². The van der Waals surface area contributed by atoms with Crippen molar-refractivity contribution in [2.24, 2.45) is 10.9 Å². The number of nitrogens with zero attached hydrogens (tertiary/aromatic N) is 2. The van der Waals surface area contributed by atoms with E-state index in [0.717, 1.165) is 19.0 Å². The summed E-state index contributed by atoms with van der Waals surface area (Å²) in [6.07, 6.45) is 2.74. The Kier molecular flexibility index (Phi) is 7.09. The molecule has 0 saturated carbocycles. The molecular weight excluding hydrogens is 224 g/mol. The lowest BCUT2D eigenvalue weighted by Crippen LogP contribution is -2.41. The van der Waals surface area contributed by atoms with E-state index >= 15 is 0 Å². The van der Waals surface area contributed by atoms with Crippen molar-refractivity contribution in [2.75, 3.05) is 32.7 Å². The minimum atomic E-state index is 0.427. The van der Waals surface area contributed by atoms with Crippen LogP contribution in [0.1, 0.15) is 40.5 Å². The summed E-state index contributed by atoms with van der Waals surface area (Å²) in [6.45, 7) is 14.2. The molecule has 1 aliphatic heterocycles. The van der Waals surface area contributed by atoms with Gasteiger partial charge in [-0.05, 0) is 52.6 Å². The van der Waals surface area contributed by atoms with Crippen LogP contribution in [0.3, 0.4) is 0 Å². The lowest BCUT2D eigenvalue weighted by molar-refractivity contribution is 0.291. The van der Waals surface area contributed by atoms with E-state index in [1.54, 1.807) is 0 Å². The minimum Gasteiger partial charge on any atom is -0.357 e. The fourth-order valence-electron chi connectivity index (χ4n) is 2.30. The molecule has 0 radical (unpaired) electrons. The van der Waals surface area contributed by atoms with Crippen LogP contribution < -0.4 is 10.6 Å². The van der Waals surface area contributed by atoms with Crippen LogP contribution in [0.15, 0.2) is 4.99 Å². The van der Waals surface area contributed by atoms with Crippen molar-refractivity contribution in [3.63, 3.8) is 0 Å². The fraction of sp³-hybridized carbons (Fsp3) is 0.929. The molecule has 0 amide bonds. The molecule has 1 aliphatic rings. The molecule has 1 heterocycles. The topological polar surface area (TPSA) is 39.7 Å². The van der Waals surface area contributed by atoms with Gasteiger partial charge in [0.05, 0.1) is 0 Å². The highest BCUT2D eigenvalue weighted by atomic mass is 15.2. The monoisotopic (exact) mass is 254 g/mol. The molecule has 2 N–H and O–H groups in total. The quantitative estimate of drug-likeness (QED) is 0.560. The molecule has 0 aromatic rings. The molecule has 1 atom stereocenters. The van der Waals surface area contributed by atoms with Crippen molar-refractivity contribution in [2.45, 2.75) is 46.6 Å². The summed E-state index contributed by atoms with van der Waals surface area (Å²) >= 11 is 0. The van der Waals surface area contributed by atoms with E-state index in [2.05, 4.69) is 48.2 Å². The van der Waals surface area contributed by atoms with Crippen LogP contribution >= 0.6 is 0 Å². The predicted octanol–water partition coefficient (Wildman–Crippen LogP) is 1.68. The van der Waals surface area contributed by atoms with Crippen LogP contribution in [0, 0.1) is 5.92 Å². The van der Waals surface area contributed by atoms with Gasteiger partial charge < -0.3 is 15.5 Å². The number of nitrogens with one attached hydrogen (secondary N) is 2. The highest BCUT2D eigenvalue weighted by molar-refractivity contribution is 5.79. The average molecular weight is 254 g/mol. The largest absolute Gasteiger partial charge is 0.357 e. The smallest absolute Gasteiger partial charge is 0.191 e. The normalized spacial score (nSPS) is 19.3. The van der Waals surface area contributed by atoms with Gasteiger partial charge in [0.1, 0.15) is 0 Å². The minimum absolute atomic E-state index is 0.427. The number of likely N-dealkylation sites (tertiary alicyclic amines) is 1. The third-order valence-corrected chi connectivity index (χ3v) is 3.10. The SMILES string of the molecule is CCNC(=NCC(C)CN1CCCC1)NC(C)C. The molecule has 4 heteroatoms. The lowest BCUT2D eigenvalue weighted by atomic mass is 10.2. The molecule has 0 bridgehead atoms. The van der Waals surface area contributed by atoms with Gasteiger partial charge in [-0.15, -0.1) is 0 Å². The van der Waals surface area contributed by atoms with E-state index in [1.807, 2.05) is 0 Å². The maximum atomic E-state index is 4.66. The Labute approximate surface area is 112 Å². The van der Waals surface area contributed by atoms with E-state index in [1.165, 1.54) is 32.5 Å². The Morgan fingerprint density at radius 1 is 1.22 bits per heavy atom. The van der Waals surface area contributed by atoms with Gasteiger partial charge in [-0.3, -0.25) is 4.99 Å². The molecule has 1 rings (SSSR count). The molecule has 1 saturated heterocycles. The van der Waals surface area contributed by atoms with E-state index in [-0.39, 0.29) is 0 Å². The molecule has 4 nitrogen and oxygen atoms in total. The molecule has 18 heavy (non-hydrogen) atoms. The Balaban J connectivity index is 2.32. The van der Waals surface area contributed by atoms with Crippen LogP contribution in [0.2, 0.25) is 0 Å². The van der Waals surface area contributed by atoms with Crippen molar-refractivity contribution in [3.05, 3.63) is 0 Å². The maximum Gasteiger partial charge on any atom is 0.191 e. The Morgan fingerprint density at radius 3 is 2.44 bits per heavy atom. The third-order valence-electron chi connectivity index (χ3n) is 3.10. The Hall–Kier alpha value is -0.770. The molecule has 1 fully saturated rings. The number of aliphatic imine (C=N–C) groups is 1. The summed E-state index contributed by atoms with van der Waals surface area (Å²) in [5.74, 6) is 1.58. The standard InChI is InChI=1S/C14H30N4/c1-5-15-14(17-12(2)3)16-10-13(4)11-18-8-6-7-9-18/h12-13H,5-11H2,1-4H3,(H2,15,16,17). The Morgan fingerprint density at radius 2 is 1.89 bits per heavy atom. The van der Waals surface area contributed by atoms with Gasteiger partial charge in [0, 0.05) is 25.7 Å². The first-order valence-corrected chi connectivity index (χ1v) is 7.39. The molecule has 0 spiro atoms. The van der Waals surface area contributed by atoms with Crippen LogP contribution in [0.5, 0.6) is 0 Å².